The fourth-order valence-electron chi connectivity index (χ4n) is 4.85. The lowest BCUT2D eigenvalue weighted by atomic mass is 10.1. The Bertz CT molecular complexity index is 973. The van der Waals surface area contributed by atoms with Crippen molar-refractivity contribution >= 4 is 28.6 Å². The van der Waals surface area contributed by atoms with E-state index in [-0.39, 0.29) is 6.04 Å². The topological polar surface area (TPSA) is 50.1 Å². The van der Waals surface area contributed by atoms with Crippen molar-refractivity contribution in [2.24, 2.45) is 0 Å². The highest BCUT2D eigenvalue weighted by atomic mass is 35.5. The van der Waals surface area contributed by atoms with E-state index in [4.69, 9.17) is 11.6 Å². The first-order valence-electron chi connectivity index (χ1n) is 10.8. The van der Waals surface area contributed by atoms with Crippen LogP contribution in [0.1, 0.15) is 54.0 Å². The smallest absolute Gasteiger partial charge is 0.174 e. The van der Waals surface area contributed by atoms with E-state index in [1.807, 2.05) is 6.07 Å². The summed E-state index contributed by atoms with van der Waals surface area (Å²) in [5.41, 5.74) is 2.51. The monoisotopic (exact) mass is 442 g/mol. The molecule has 30 heavy (non-hydrogen) atoms. The standard InChI is InChI=1S/C22H27ClN6S/c1-16-8-9-17(23)15-19(16)27-10-12-28(13-11-27)21(20-7-4-14-30-20)22-24-25-26-29(22)18-5-2-3-6-18/h4,7-9,14-15,18,21H,2-3,5-6,10-13H2,1H3. The molecule has 1 aliphatic carbocycles. The molecule has 158 valence electrons. The predicted octanol–water partition coefficient (Wildman–Crippen LogP) is 4.72. The zero-order valence-electron chi connectivity index (χ0n) is 17.2. The summed E-state index contributed by atoms with van der Waals surface area (Å²) in [4.78, 5) is 6.30. The molecule has 3 heterocycles. The first-order valence-corrected chi connectivity index (χ1v) is 12.0. The second-order valence-corrected chi connectivity index (χ2v) is 9.71. The van der Waals surface area contributed by atoms with Crippen molar-refractivity contribution in [2.75, 3.05) is 31.1 Å². The first kappa shape index (κ1) is 20.0. The highest BCUT2D eigenvalue weighted by Crippen LogP contribution is 2.36. The molecular weight excluding hydrogens is 416 g/mol. The molecule has 6 nitrogen and oxygen atoms in total. The van der Waals surface area contributed by atoms with Gasteiger partial charge >= 0.3 is 0 Å². The summed E-state index contributed by atoms with van der Waals surface area (Å²) >= 11 is 8.06. The summed E-state index contributed by atoms with van der Waals surface area (Å²) in [6.45, 7) is 6.02. The molecule has 1 atom stereocenters. The lowest BCUT2D eigenvalue weighted by Gasteiger charge is -2.40. The number of nitrogens with zero attached hydrogens (tertiary/aromatic N) is 6. The van der Waals surface area contributed by atoms with E-state index in [1.165, 1.54) is 41.8 Å². The molecule has 2 fully saturated rings. The van der Waals surface area contributed by atoms with Crippen LogP contribution in [0.2, 0.25) is 5.02 Å². The van der Waals surface area contributed by atoms with Crippen LogP contribution in [-0.2, 0) is 0 Å². The zero-order valence-corrected chi connectivity index (χ0v) is 18.8. The number of hydrogen-bond acceptors (Lipinski definition) is 6. The number of rotatable bonds is 5. The van der Waals surface area contributed by atoms with Gasteiger partial charge in [0, 0.05) is 41.8 Å². The van der Waals surface area contributed by atoms with Crippen LogP contribution in [0.25, 0.3) is 0 Å². The van der Waals surface area contributed by atoms with E-state index in [2.05, 4.69) is 66.6 Å². The van der Waals surface area contributed by atoms with Crippen LogP contribution in [0.15, 0.2) is 35.7 Å². The second-order valence-electron chi connectivity index (χ2n) is 8.29. The molecule has 0 bridgehead atoms. The van der Waals surface area contributed by atoms with Crippen molar-refractivity contribution in [3.05, 3.63) is 57.0 Å². The van der Waals surface area contributed by atoms with Crippen LogP contribution < -0.4 is 4.90 Å². The Labute approximate surface area is 186 Å². The number of tetrazole rings is 1. The largest absolute Gasteiger partial charge is 0.369 e. The average molecular weight is 443 g/mol. The maximum atomic E-state index is 6.27. The normalized spacial score (nSPS) is 19.5. The quantitative estimate of drug-likeness (QED) is 0.572. The lowest BCUT2D eigenvalue weighted by molar-refractivity contribution is 0.200. The van der Waals surface area contributed by atoms with Crippen molar-refractivity contribution in [1.82, 2.24) is 25.1 Å². The first-order chi connectivity index (χ1) is 14.7. The van der Waals surface area contributed by atoms with Gasteiger partial charge in [0.15, 0.2) is 5.82 Å². The van der Waals surface area contributed by atoms with Gasteiger partial charge in [-0.05, 0) is 59.3 Å². The third-order valence-electron chi connectivity index (χ3n) is 6.44. The van der Waals surface area contributed by atoms with Crippen molar-refractivity contribution in [1.29, 1.82) is 0 Å². The predicted molar refractivity (Wildman–Crippen MR) is 121 cm³/mol. The minimum absolute atomic E-state index is 0.114. The Morgan fingerprint density at radius 2 is 1.90 bits per heavy atom. The van der Waals surface area contributed by atoms with E-state index in [9.17, 15) is 0 Å². The second kappa shape index (κ2) is 8.65. The Morgan fingerprint density at radius 3 is 2.63 bits per heavy atom. The van der Waals surface area contributed by atoms with E-state index >= 15 is 0 Å². The summed E-state index contributed by atoms with van der Waals surface area (Å²) in [7, 11) is 0. The Morgan fingerprint density at radius 1 is 1.10 bits per heavy atom. The molecule has 0 amide bonds. The van der Waals surface area contributed by atoms with Crippen LogP contribution in [0.4, 0.5) is 5.69 Å². The Hall–Kier alpha value is -1.96. The Balaban J connectivity index is 1.40. The van der Waals surface area contributed by atoms with Crippen LogP contribution >= 0.6 is 22.9 Å². The molecule has 1 saturated carbocycles. The SMILES string of the molecule is Cc1ccc(Cl)cc1N1CCN(C(c2cccs2)c2nnnn2C2CCCC2)CC1. The molecular formula is C22H27ClN6S. The highest BCUT2D eigenvalue weighted by molar-refractivity contribution is 7.10. The van der Waals surface area contributed by atoms with Crippen molar-refractivity contribution < 1.29 is 0 Å². The van der Waals surface area contributed by atoms with Gasteiger partial charge in [0.25, 0.3) is 0 Å². The van der Waals surface area contributed by atoms with E-state index in [0.717, 1.165) is 37.0 Å². The molecule has 0 radical (unpaired) electrons. The summed E-state index contributed by atoms with van der Waals surface area (Å²) in [5, 5.41) is 16.0. The highest BCUT2D eigenvalue weighted by Gasteiger charge is 2.33. The number of aryl methyl sites for hydroxylation is 1. The third kappa shape index (κ3) is 3.86. The molecule has 1 unspecified atom stereocenters. The van der Waals surface area contributed by atoms with Crippen LogP contribution in [0.5, 0.6) is 0 Å². The van der Waals surface area contributed by atoms with E-state index in [0.29, 0.717) is 6.04 Å². The summed E-state index contributed by atoms with van der Waals surface area (Å²) < 4.78 is 2.12. The van der Waals surface area contributed by atoms with Gasteiger partial charge in [0.05, 0.1) is 6.04 Å². The molecule has 8 heteroatoms. The van der Waals surface area contributed by atoms with Gasteiger partial charge in [-0.1, -0.05) is 36.6 Å². The minimum Gasteiger partial charge on any atom is -0.369 e. The van der Waals surface area contributed by atoms with E-state index < -0.39 is 0 Å². The third-order valence-corrected chi connectivity index (χ3v) is 7.60. The molecule has 1 aliphatic heterocycles. The molecule has 2 aromatic heterocycles. The summed E-state index contributed by atoms with van der Waals surface area (Å²) in [5.74, 6) is 0.997. The molecule has 1 saturated heterocycles. The number of halogens is 1. The van der Waals surface area contributed by atoms with Crippen LogP contribution in [-0.4, -0.2) is 51.3 Å². The number of thiophene rings is 1. The molecule has 0 N–H and O–H groups in total. The molecule has 5 rings (SSSR count). The number of benzene rings is 1. The maximum absolute atomic E-state index is 6.27. The van der Waals surface area contributed by atoms with Crippen LogP contribution in [0.3, 0.4) is 0 Å². The maximum Gasteiger partial charge on any atom is 0.174 e. The van der Waals surface area contributed by atoms with Gasteiger partial charge in [0.1, 0.15) is 6.04 Å². The molecule has 2 aliphatic rings. The number of piperazine rings is 1. The number of anilines is 1. The van der Waals surface area contributed by atoms with Gasteiger partial charge < -0.3 is 4.90 Å². The molecule has 1 aromatic carbocycles. The zero-order chi connectivity index (χ0) is 20.5. The van der Waals surface area contributed by atoms with Gasteiger partial charge in [0.2, 0.25) is 0 Å². The summed E-state index contributed by atoms with van der Waals surface area (Å²) in [6.07, 6.45) is 4.89. The van der Waals surface area contributed by atoms with Crippen LogP contribution in [0, 0.1) is 6.92 Å². The molecule has 0 spiro atoms. The van der Waals surface area contributed by atoms with Crippen molar-refractivity contribution in [3.63, 3.8) is 0 Å². The van der Waals surface area contributed by atoms with Gasteiger partial charge in [-0.25, -0.2) is 4.68 Å². The van der Waals surface area contributed by atoms with E-state index in [1.54, 1.807) is 11.3 Å². The average Bonchev–Trinajstić information content (AvgIpc) is 3.53. The lowest BCUT2D eigenvalue weighted by Crippen LogP contribution is -2.48. The number of aromatic nitrogens is 4. The Kier molecular flexibility index (Phi) is 5.76. The van der Waals surface area contributed by atoms with Crippen molar-refractivity contribution in [2.45, 2.75) is 44.7 Å². The fourth-order valence-corrected chi connectivity index (χ4v) is 5.87. The van der Waals surface area contributed by atoms with Crippen molar-refractivity contribution in [3.8, 4) is 0 Å². The van der Waals surface area contributed by atoms with Gasteiger partial charge in [-0.2, -0.15) is 0 Å². The van der Waals surface area contributed by atoms with Gasteiger partial charge in [-0.3, -0.25) is 4.90 Å². The molecule has 3 aromatic rings. The van der Waals surface area contributed by atoms with Gasteiger partial charge in [-0.15, -0.1) is 16.4 Å². The summed E-state index contributed by atoms with van der Waals surface area (Å²) in [6, 6.07) is 11.1. The minimum atomic E-state index is 0.114. The fraction of sp³-hybridized carbons (Fsp3) is 0.500. The number of hydrogen-bond donors (Lipinski definition) is 0.